The highest BCUT2D eigenvalue weighted by atomic mass is 19.1. The lowest BCUT2D eigenvalue weighted by atomic mass is 10.1. The molecule has 8 heteroatoms. The molecule has 0 bridgehead atoms. The Kier molecular flexibility index (Phi) is 4.67. The lowest BCUT2D eigenvalue weighted by Gasteiger charge is -2.14. The summed E-state index contributed by atoms with van der Waals surface area (Å²) in [5.74, 6) is 0.0933. The largest absolute Gasteiger partial charge is 0.331 e. The summed E-state index contributed by atoms with van der Waals surface area (Å²) in [6, 6.07) is 10.8. The van der Waals surface area contributed by atoms with Gasteiger partial charge >= 0.3 is 6.03 Å². The molecule has 0 saturated carbocycles. The second kappa shape index (κ2) is 7.43. The van der Waals surface area contributed by atoms with Gasteiger partial charge in [-0.25, -0.2) is 18.9 Å². The minimum absolute atomic E-state index is 0.279. The number of hydrogen-bond acceptors (Lipinski definition) is 4. The molecule has 140 valence electrons. The van der Waals surface area contributed by atoms with Gasteiger partial charge in [0.05, 0.1) is 29.6 Å². The number of nitrogens with one attached hydrogen (secondary N) is 2. The number of carbonyl (C=O) groups excluding carboxylic acids is 1. The first-order valence-corrected chi connectivity index (χ1v) is 8.67. The van der Waals surface area contributed by atoms with Crippen LogP contribution < -0.4 is 10.6 Å². The van der Waals surface area contributed by atoms with Crippen molar-refractivity contribution < 1.29 is 9.18 Å². The van der Waals surface area contributed by atoms with E-state index in [4.69, 9.17) is 0 Å². The summed E-state index contributed by atoms with van der Waals surface area (Å²) in [5.41, 5.74) is 2.49. The van der Waals surface area contributed by atoms with Gasteiger partial charge < -0.3 is 5.32 Å². The van der Waals surface area contributed by atoms with Gasteiger partial charge in [0.25, 0.3) is 0 Å². The number of urea groups is 1. The third kappa shape index (κ3) is 3.66. The van der Waals surface area contributed by atoms with Crippen LogP contribution in [0.2, 0.25) is 0 Å². The van der Waals surface area contributed by atoms with Crippen LogP contribution in [-0.2, 0) is 0 Å². The minimum atomic E-state index is -0.398. The first kappa shape index (κ1) is 17.6. The molecule has 1 atom stereocenters. The number of amides is 2. The van der Waals surface area contributed by atoms with Crippen LogP contribution >= 0.6 is 0 Å². The molecule has 3 aromatic heterocycles. The minimum Gasteiger partial charge on any atom is -0.331 e. The first-order chi connectivity index (χ1) is 13.6. The van der Waals surface area contributed by atoms with E-state index in [1.54, 1.807) is 47.7 Å². The fourth-order valence-electron chi connectivity index (χ4n) is 2.87. The van der Waals surface area contributed by atoms with Gasteiger partial charge in [-0.15, -0.1) is 0 Å². The maximum atomic E-state index is 13.0. The number of benzene rings is 1. The molecule has 2 N–H and O–H groups in total. The van der Waals surface area contributed by atoms with E-state index >= 15 is 0 Å². The van der Waals surface area contributed by atoms with E-state index in [0.29, 0.717) is 5.82 Å². The summed E-state index contributed by atoms with van der Waals surface area (Å²) in [4.78, 5) is 20.6. The van der Waals surface area contributed by atoms with Crippen molar-refractivity contribution in [3.8, 4) is 5.69 Å². The molecule has 0 saturated heterocycles. The Balaban J connectivity index is 1.47. The molecule has 4 rings (SSSR count). The average molecular weight is 376 g/mol. The van der Waals surface area contributed by atoms with E-state index < -0.39 is 6.03 Å². The number of anilines is 1. The number of nitrogens with zero attached hydrogens (tertiary/aromatic N) is 4. The van der Waals surface area contributed by atoms with E-state index in [9.17, 15) is 9.18 Å². The molecule has 4 aromatic rings. The van der Waals surface area contributed by atoms with E-state index in [2.05, 4.69) is 25.7 Å². The highest BCUT2D eigenvalue weighted by Crippen LogP contribution is 2.20. The predicted molar refractivity (Wildman–Crippen MR) is 104 cm³/mol. The molecule has 0 spiro atoms. The van der Waals surface area contributed by atoms with Gasteiger partial charge in [-0.3, -0.25) is 10.3 Å². The van der Waals surface area contributed by atoms with Crippen LogP contribution in [0.4, 0.5) is 15.0 Å². The number of halogens is 1. The lowest BCUT2D eigenvalue weighted by Crippen LogP contribution is -2.31. The van der Waals surface area contributed by atoms with E-state index in [1.165, 1.54) is 12.1 Å². The van der Waals surface area contributed by atoms with Crippen LogP contribution in [0.25, 0.3) is 16.6 Å². The van der Waals surface area contributed by atoms with Gasteiger partial charge in [-0.1, -0.05) is 12.1 Å². The number of hydrogen-bond donors (Lipinski definition) is 2. The van der Waals surface area contributed by atoms with Gasteiger partial charge in [-0.2, -0.15) is 5.10 Å². The van der Waals surface area contributed by atoms with Crippen molar-refractivity contribution in [2.24, 2.45) is 0 Å². The number of aromatic nitrogens is 4. The number of rotatable bonds is 4. The second-order valence-corrected chi connectivity index (χ2v) is 6.26. The molecule has 28 heavy (non-hydrogen) atoms. The number of carbonyl (C=O) groups is 1. The smallest absolute Gasteiger partial charge is 0.320 e. The monoisotopic (exact) mass is 376 g/mol. The normalized spacial score (nSPS) is 11.9. The van der Waals surface area contributed by atoms with Crippen molar-refractivity contribution >= 4 is 22.8 Å². The zero-order valence-corrected chi connectivity index (χ0v) is 15.0. The highest BCUT2D eigenvalue weighted by molar-refractivity contribution is 5.91. The van der Waals surface area contributed by atoms with Crippen molar-refractivity contribution in [2.75, 3.05) is 5.32 Å². The third-order valence-corrected chi connectivity index (χ3v) is 4.32. The fraction of sp³-hybridized carbons (Fsp3) is 0.100. The molecule has 1 aromatic carbocycles. The number of fused-ring (bicyclic) bond motifs is 1. The zero-order chi connectivity index (χ0) is 19.5. The maximum Gasteiger partial charge on any atom is 0.320 e. The molecule has 2 amide bonds. The van der Waals surface area contributed by atoms with E-state index in [0.717, 1.165) is 22.2 Å². The molecule has 7 nitrogen and oxygen atoms in total. The summed E-state index contributed by atoms with van der Waals surface area (Å²) < 4.78 is 14.8. The molecule has 0 aliphatic carbocycles. The maximum absolute atomic E-state index is 13.0. The molecule has 0 unspecified atom stereocenters. The lowest BCUT2D eigenvalue weighted by molar-refractivity contribution is 0.249. The van der Waals surface area contributed by atoms with E-state index in [1.807, 2.05) is 19.1 Å². The zero-order valence-electron chi connectivity index (χ0n) is 15.0. The molecule has 3 heterocycles. The van der Waals surface area contributed by atoms with Gasteiger partial charge in [0.1, 0.15) is 11.6 Å². The van der Waals surface area contributed by atoms with Gasteiger partial charge in [0, 0.05) is 17.8 Å². The van der Waals surface area contributed by atoms with Crippen LogP contribution in [0.15, 0.2) is 67.3 Å². The van der Waals surface area contributed by atoms with Crippen molar-refractivity contribution in [1.29, 1.82) is 0 Å². The van der Waals surface area contributed by atoms with Crippen molar-refractivity contribution in [3.63, 3.8) is 0 Å². The average Bonchev–Trinajstić information content (AvgIpc) is 3.12. The van der Waals surface area contributed by atoms with Crippen LogP contribution in [0.5, 0.6) is 0 Å². The van der Waals surface area contributed by atoms with Crippen LogP contribution in [-0.4, -0.2) is 25.8 Å². The Bertz CT molecular complexity index is 1110. The van der Waals surface area contributed by atoms with Crippen LogP contribution in [0.3, 0.4) is 0 Å². The molecule has 0 radical (unpaired) electrons. The first-order valence-electron chi connectivity index (χ1n) is 8.67. The predicted octanol–water partition coefficient (Wildman–Crippen LogP) is 3.84. The highest BCUT2D eigenvalue weighted by Gasteiger charge is 2.12. The number of pyridine rings is 2. The summed E-state index contributed by atoms with van der Waals surface area (Å²) in [5, 5.41) is 10.7. The summed E-state index contributed by atoms with van der Waals surface area (Å²) in [7, 11) is 0. The van der Waals surface area contributed by atoms with Gasteiger partial charge in [0.2, 0.25) is 0 Å². The summed E-state index contributed by atoms with van der Waals surface area (Å²) in [6.07, 6.45) is 6.75. The Labute approximate surface area is 160 Å². The second-order valence-electron chi connectivity index (χ2n) is 6.26. The van der Waals surface area contributed by atoms with Crippen molar-refractivity contribution in [2.45, 2.75) is 13.0 Å². The Morgan fingerprint density at radius 3 is 2.61 bits per heavy atom. The summed E-state index contributed by atoms with van der Waals surface area (Å²) in [6.45, 7) is 1.82. The SMILES string of the molecule is C[C@@H](NC(=O)Nc1cc2cnn(-c3ccncc3)c2cn1)c1ccc(F)cc1. The topological polar surface area (TPSA) is 84.7 Å². The Hall–Kier alpha value is -3.81. The standard InChI is InChI=1S/C20H17FN6O/c1-13(14-2-4-16(21)5-3-14)25-20(28)26-19-10-15-11-24-27(18(15)12-23-19)17-6-8-22-9-7-17/h2-13H,1H3,(H2,23,25,26,28)/t13-/m1/s1. The van der Waals surface area contributed by atoms with Crippen LogP contribution in [0, 0.1) is 5.82 Å². The Morgan fingerprint density at radius 1 is 1.11 bits per heavy atom. The van der Waals surface area contributed by atoms with Crippen molar-refractivity contribution in [3.05, 3.63) is 78.6 Å². The van der Waals surface area contributed by atoms with Crippen LogP contribution in [0.1, 0.15) is 18.5 Å². The molecular weight excluding hydrogens is 359 g/mol. The molecular formula is C20H17FN6O. The van der Waals surface area contributed by atoms with E-state index in [-0.39, 0.29) is 11.9 Å². The van der Waals surface area contributed by atoms with Crippen molar-refractivity contribution in [1.82, 2.24) is 25.1 Å². The summed E-state index contributed by atoms with van der Waals surface area (Å²) >= 11 is 0. The molecule has 0 aliphatic rings. The fourth-order valence-corrected chi connectivity index (χ4v) is 2.87. The molecule has 0 fully saturated rings. The third-order valence-electron chi connectivity index (χ3n) is 4.32. The van der Waals surface area contributed by atoms with Gasteiger partial charge in [0.15, 0.2) is 0 Å². The quantitative estimate of drug-likeness (QED) is 0.567. The van der Waals surface area contributed by atoms with Gasteiger partial charge in [-0.05, 0) is 42.8 Å². The molecule has 0 aliphatic heterocycles. The Morgan fingerprint density at radius 2 is 1.86 bits per heavy atom.